The molecule has 1 saturated carbocycles. The Morgan fingerprint density at radius 3 is 2.73 bits per heavy atom. The van der Waals surface area contributed by atoms with Gasteiger partial charge in [-0.3, -0.25) is 0 Å². The van der Waals surface area contributed by atoms with Gasteiger partial charge in [0, 0.05) is 11.1 Å². The number of rotatable bonds is 4. The monoisotopic (exact) mass is 223 g/mol. The van der Waals surface area contributed by atoms with Crippen LogP contribution in [0.15, 0.2) is 24.3 Å². The summed E-state index contributed by atoms with van der Waals surface area (Å²) in [4.78, 5) is 0. The summed E-state index contributed by atoms with van der Waals surface area (Å²) >= 11 is 6.03. The van der Waals surface area contributed by atoms with Gasteiger partial charge in [0.2, 0.25) is 0 Å². The van der Waals surface area contributed by atoms with E-state index in [0.29, 0.717) is 11.5 Å². The maximum atomic E-state index is 6.03. The highest BCUT2D eigenvalue weighted by Gasteiger charge is 2.45. The van der Waals surface area contributed by atoms with Crippen LogP contribution in [0, 0.1) is 5.41 Å². The van der Waals surface area contributed by atoms with Gasteiger partial charge in [0.1, 0.15) is 0 Å². The van der Waals surface area contributed by atoms with Crippen LogP contribution < -0.4 is 5.32 Å². The Hall–Kier alpha value is -0.530. The maximum Gasteiger partial charge on any atom is 0.0409 e. The fourth-order valence-corrected chi connectivity index (χ4v) is 2.34. The lowest BCUT2D eigenvalue weighted by Crippen LogP contribution is -2.27. The number of halogens is 1. The lowest BCUT2D eigenvalue weighted by molar-refractivity contribution is 0.373. The molecule has 1 unspecified atom stereocenters. The molecule has 1 aromatic carbocycles. The molecule has 1 aliphatic rings. The summed E-state index contributed by atoms with van der Waals surface area (Å²) in [7, 11) is 0. The van der Waals surface area contributed by atoms with E-state index in [2.05, 4.69) is 31.3 Å². The van der Waals surface area contributed by atoms with E-state index in [1.54, 1.807) is 0 Å². The van der Waals surface area contributed by atoms with Crippen LogP contribution >= 0.6 is 11.6 Å². The Labute approximate surface area is 96.8 Å². The minimum absolute atomic E-state index is 0.445. The van der Waals surface area contributed by atoms with Gasteiger partial charge in [-0.2, -0.15) is 0 Å². The minimum Gasteiger partial charge on any atom is -0.310 e. The van der Waals surface area contributed by atoms with Crippen molar-refractivity contribution < 1.29 is 0 Å². The van der Waals surface area contributed by atoms with Crippen molar-refractivity contribution in [2.24, 2.45) is 5.41 Å². The van der Waals surface area contributed by atoms with E-state index in [1.807, 2.05) is 12.1 Å². The number of benzene rings is 1. The third kappa shape index (κ3) is 2.35. The molecule has 1 aliphatic carbocycles. The lowest BCUT2D eigenvalue weighted by atomic mass is 9.92. The third-order valence-electron chi connectivity index (χ3n) is 3.33. The van der Waals surface area contributed by atoms with Crippen molar-refractivity contribution in [2.45, 2.75) is 32.7 Å². The largest absolute Gasteiger partial charge is 0.310 e. The molecule has 1 fully saturated rings. The number of nitrogens with one attached hydrogen (secondary N) is 1. The summed E-state index contributed by atoms with van der Waals surface area (Å²) in [5.41, 5.74) is 1.77. The Balaban J connectivity index is 2.24. The van der Waals surface area contributed by atoms with Crippen LogP contribution in [0.2, 0.25) is 5.02 Å². The minimum atomic E-state index is 0.445. The first-order valence-corrected chi connectivity index (χ1v) is 6.02. The van der Waals surface area contributed by atoms with Crippen molar-refractivity contribution in [2.75, 3.05) is 6.54 Å². The molecule has 0 spiro atoms. The SMILES string of the molecule is CCNC(c1cccc(Cl)c1)C1(C)CC1. The smallest absolute Gasteiger partial charge is 0.0409 e. The Morgan fingerprint density at radius 2 is 2.20 bits per heavy atom. The normalized spacial score (nSPS) is 19.9. The lowest BCUT2D eigenvalue weighted by Gasteiger charge is -2.25. The van der Waals surface area contributed by atoms with Crippen LogP contribution in [0.1, 0.15) is 38.3 Å². The van der Waals surface area contributed by atoms with Gasteiger partial charge in [0.25, 0.3) is 0 Å². The predicted octanol–water partition coefficient (Wildman–Crippen LogP) is 3.79. The first-order chi connectivity index (χ1) is 7.15. The highest BCUT2D eigenvalue weighted by molar-refractivity contribution is 6.30. The second-order valence-corrected chi connectivity index (χ2v) is 5.14. The van der Waals surface area contributed by atoms with E-state index >= 15 is 0 Å². The van der Waals surface area contributed by atoms with Gasteiger partial charge in [0.05, 0.1) is 0 Å². The zero-order chi connectivity index (χ0) is 10.9. The van der Waals surface area contributed by atoms with E-state index in [-0.39, 0.29) is 0 Å². The summed E-state index contributed by atoms with van der Waals surface area (Å²) in [6.07, 6.45) is 2.63. The third-order valence-corrected chi connectivity index (χ3v) is 3.56. The van der Waals surface area contributed by atoms with Gasteiger partial charge in [-0.1, -0.05) is 37.6 Å². The van der Waals surface area contributed by atoms with Crippen molar-refractivity contribution >= 4 is 11.6 Å². The Morgan fingerprint density at radius 1 is 1.47 bits per heavy atom. The van der Waals surface area contributed by atoms with E-state index in [0.717, 1.165) is 11.6 Å². The second kappa shape index (κ2) is 4.15. The number of hydrogen-bond acceptors (Lipinski definition) is 1. The van der Waals surface area contributed by atoms with Crippen LogP contribution in [-0.4, -0.2) is 6.54 Å². The maximum absolute atomic E-state index is 6.03. The molecule has 82 valence electrons. The highest BCUT2D eigenvalue weighted by atomic mass is 35.5. The van der Waals surface area contributed by atoms with Crippen LogP contribution in [-0.2, 0) is 0 Å². The highest BCUT2D eigenvalue weighted by Crippen LogP contribution is 2.54. The Kier molecular flexibility index (Phi) is 3.03. The van der Waals surface area contributed by atoms with E-state index in [4.69, 9.17) is 11.6 Å². The summed E-state index contributed by atoms with van der Waals surface area (Å²) < 4.78 is 0. The Bertz CT molecular complexity index is 344. The molecule has 2 rings (SSSR count). The molecule has 0 amide bonds. The van der Waals surface area contributed by atoms with Gasteiger partial charge >= 0.3 is 0 Å². The van der Waals surface area contributed by atoms with Gasteiger partial charge < -0.3 is 5.32 Å². The zero-order valence-corrected chi connectivity index (χ0v) is 10.1. The summed E-state index contributed by atoms with van der Waals surface area (Å²) in [6, 6.07) is 8.68. The molecule has 15 heavy (non-hydrogen) atoms. The summed E-state index contributed by atoms with van der Waals surface area (Å²) in [6.45, 7) is 5.51. The fourth-order valence-electron chi connectivity index (χ4n) is 2.14. The van der Waals surface area contributed by atoms with Crippen LogP contribution in [0.3, 0.4) is 0 Å². The van der Waals surface area contributed by atoms with Gasteiger partial charge in [0.15, 0.2) is 0 Å². The molecule has 0 aliphatic heterocycles. The molecule has 0 aromatic heterocycles. The second-order valence-electron chi connectivity index (χ2n) is 4.70. The van der Waals surface area contributed by atoms with E-state index in [1.165, 1.54) is 18.4 Å². The summed E-state index contributed by atoms with van der Waals surface area (Å²) in [5.74, 6) is 0. The molecule has 1 atom stereocenters. The molecular formula is C13H18ClN. The fraction of sp³-hybridized carbons (Fsp3) is 0.538. The van der Waals surface area contributed by atoms with E-state index in [9.17, 15) is 0 Å². The first-order valence-electron chi connectivity index (χ1n) is 5.64. The molecule has 1 N–H and O–H groups in total. The molecule has 0 saturated heterocycles. The van der Waals surface area contributed by atoms with Gasteiger partial charge in [-0.05, 0) is 42.5 Å². The van der Waals surface area contributed by atoms with Crippen molar-refractivity contribution in [3.05, 3.63) is 34.9 Å². The number of hydrogen-bond donors (Lipinski definition) is 1. The molecule has 0 bridgehead atoms. The van der Waals surface area contributed by atoms with Crippen LogP contribution in [0.25, 0.3) is 0 Å². The van der Waals surface area contributed by atoms with Crippen LogP contribution in [0.5, 0.6) is 0 Å². The predicted molar refractivity (Wildman–Crippen MR) is 65.2 cm³/mol. The molecule has 0 heterocycles. The van der Waals surface area contributed by atoms with Crippen LogP contribution in [0.4, 0.5) is 0 Å². The first kappa shape index (κ1) is 11.0. The molecule has 1 nitrogen and oxygen atoms in total. The quantitative estimate of drug-likeness (QED) is 0.819. The van der Waals surface area contributed by atoms with E-state index < -0.39 is 0 Å². The van der Waals surface area contributed by atoms with Gasteiger partial charge in [-0.15, -0.1) is 0 Å². The summed E-state index contributed by atoms with van der Waals surface area (Å²) in [5, 5.41) is 4.40. The zero-order valence-electron chi connectivity index (χ0n) is 9.39. The topological polar surface area (TPSA) is 12.0 Å². The van der Waals surface area contributed by atoms with Crippen molar-refractivity contribution in [3.8, 4) is 0 Å². The average molecular weight is 224 g/mol. The molecule has 1 aromatic rings. The van der Waals surface area contributed by atoms with Crippen molar-refractivity contribution in [1.29, 1.82) is 0 Å². The molecular weight excluding hydrogens is 206 g/mol. The van der Waals surface area contributed by atoms with Gasteiger partial charge in [-0.25, -0.2) is 0 Å². The van der Waals surface area contributed by atoms with Crippen molar-refractivity contribution in [1.82, 2.24) is 5.32 Å². The molecule has 0 radical (unpaired) electrons. The molecule has 2 heteroatoms. The average Bonchev–Trinajstić information content (AvgIpc) is 2.94. The van der Waals surface area contributed by atoms with Crippen molar-refractivity contribution in [3.63, 3.8) is 0 Å². The standard InChI is InChI=1S/C13H18ClN/c1-3-15-12(13(2)7-8-13)10-5-4-6-11(14)9-10/h4-6,9,12,15H,3,7-8H2,1-2H3.